The zero-order valence-corrected chi connectivity index (χ0v) is 21.0. The molecule has 8 heteroatoms. The molecule has 2 fully saturated rings. The predicted octanol–water partition coefficient (Wildman–Crippen LogP) is 4.07. The van der Waals surface area contributed by atoms with Gasteiger partial charge in [0.1, 0.15) is 17.4 Å². The predicted molar refractivity (Wildman–Crippen MR) is 142 cm³/mol. The summed E-state index contributed by atoms with van der Waals surface area (Å²) >= 11 is 0. The molecule has 190 valence electrons. The normalized spacial score (nSPS) is 16.1. The molecular weight excluding hydrogens is 454 g/mol. The van der Waals surface area contributed by atoms with E-state index in [1.165, 1.54) is 0 Å². The molecule has 1 saturated heterocycles. The molecule has 1 N–H and O–H groups in total. The number of methoxy groups -OCH3 is 1. The van der Waals surface area contributed by atoms with Gasteiger partial charge in [0.15, 0.2) is 0 Å². The molecule has 36 heavy (non-hydrogen) atoms. The third-order valence-electron chi connectivity index (χ3n) is 6.83. The number of nitrogens with one attached hydrogen (secondary N) is 1. The van der Waals surface area contributed by atoms with Crippen molar-refractivity contribution in [1.29, 1.82) is 0 Å². The Morgan fingerprint density at radius 3 is 2.61 bits per heavy atom. The molecule has 5 rings (SSSR count). The van der Waals surface area contributed by atoms with E-state index in [4.69, 9.17) is 19.4 Å². The number of morpholine rings is 1. The Bertz CT molecular complexity index is 1160. The average Bonchev–Trinajstić information content (AvgIpc) is 3.77. The van der Waals surface area contributed by atoms with Crippen molar-refractivity contribution in [3.63, 3.8) is 0 Å². The van der Waals surface area contributed by atoms with E-state index in [0.29, 0.717) is 18.9 Å². The van der Waals surface area contributed by atoms with Gasteiger partial charge >= 0.3 is 0 Å². The van der Waals surface area contributed by atoms with Gasteiger partial charge in [-0.05, 0) is 55.7 Å². The summed E-state index contributed by atoms with van der Waals surface area (Å²) in [5.74, 6) is 3.09. The van der Waals surface area contributed by atoms with Crippen LogP contribution in [-0.4, -0.2) is 73.8 Å². The van der Waals surface area contributed by atoms with Crippen molar-refractivity contribution < 1.29 is 14.3 Å². The molecule has 1 aromatic heterocycles. The van der Waals surface area contributed by atoms with Gasteiger partial charge in [-0.2, -0.15) is 0 Å². The lowest BCUT2D eigenvalue weighted by Crippen LogP contribution is -2.38. The van der Waals surface area contributed by atoms with Crippen molar-refractivity contribution in [2.45, 2.75) is 31.6 Å². The minimum atomic E-state index is -0.0147. The van der Waals surface area contributed by atoms with Crippen LogP contribution >= 0.6 is 0 Å². The number of benzene rings is 2. The molecule has 0 atom stereocenters. The molecule has 2 heterocycles. The van der Waals surface area contributed by atoms with Gasteiger partial charge < -0.3 is 19.7 Å². The smallest absolute Gasteiger partial charge is 0.226 e. The van der Waals surface area contributed by atoms with Crippen LogP contribution in [0.25, 0.3) is 10.9 Å². The number of nitrogens with zero attached hydrogens (tertiary/aromatic N) is 4. The number of para-hydroxylation sites is 1. The fourth-order valence-electron chi connectivity index (χ4n) is 4.61. The Hall–Kier alpha value is -3.23. The maximum Gasteiger partial charge on any atom is 0.226 e. The van der Waals surface area contributed by atoms with Crippen molar-refractivity contribution in [2.24, 2.45) is 0 Å². The summed E-state index contributed by atoms with van der Waals surface area (Å²) in [5.41, 5.74) is 1.74. The topological polar surface area (TPSA) is 79.8 Å². The number of anilines is 2. The van der Waals surface area contributed by atoms with E-state index >= 15 is 0 Å². The number of rotatable bonds is 11. The number of fused-ring (bicyclic) bond motifs is 1. The third-order valence-corrected chi connectivity index (χ3v) is 6.83. The van der Waals surface area contributed by atoms with E-state index in [-0.39, 0.29) is 5.91 Å². The first-order valence-corrected chi connectivity index (χ1v) is 13.0. The maximum absolute atomic E-state index is 12.8. The van der Waals surface area contributed by atoms with Crippen LogP contribution in [0.3, 0.4) is 0 Å². The van der Waals surface area contributed by atoms with E-state index < -0.39 is 0 Å². The second-order valence-electron chi connectivity index (χ2n) is 9.52. The first-order valence-electron chi connectivity index (χ1n) is 13.0. The van der Waals surface area contributed by atoms with Gasteiger partial charge in [-0.15, -0.1) is 0 Å². The second kappa shape index (κ2) is 11.7. The van der Waals surface area contributed by atoms with E-state index in [1.54, 1.807) is 7.11 Å². The number of hydrogen-bond donors (Lipinski definition) is 1. The van der Waals surface area contributed by atoms with Gasteiger partial charge in [-0.25, -0.2) is 9.97 Å². The molecule has 3 aromatic rings. The number of amides is 1. The zero-order chi connectivity index (χ0) is 24.7. The molecule has 0 unspecified atom stereocenters. The highest BCUT2D eigenvalue weighted by molar-refractivity contribution is 5.92. The lowest BCUT2D eigenvalue weighted by Gasteiger charge is -2.29. The molecule has 1 aliphatic carbocycles. The fourth-order valence-corrected chi connectivity index (χ4v) is 4.61. The highest BCUT2D eigenvalue weighted by Crippen LogP contribution is 2.40. The summed E-state index contributed by atoms with van der Waals surface area (Å²) < 4.78 is 10.7. The average molecular weight is 490 g/mol. The maximum atomic E-state index is 12.8. The molecule has 1 saturated carbocycles. The molecule has 0 radical (unpaired) electrons. The summed E-state index contributed by atoms with van der Waals surface area (Å²) in [6, 6.07) is 15.6. The highest BCUT2D eigenvalue weighted by atomic mass is 16.5. The molecule has 1 aliphatic heterocycles. The minimum Gasteiger partial charge on any atom is -0.497 e. The summed E-state index contributed by atoms with van der Waals surface area (Å²) in [4.78, 5) is 27.5. The van der Waals surface area contributed by atoms with Crippen LogP contribution in [0.2, 0.25) is 0 Å². The largest absolute Gasteiger partial charge is 0.497 e. The second-order valence-corrected chi connectivity index (χ2v) is 9.52. The highest BCUT2D eigenvalue weighted by Gasteiger charge is 2.28. The first-order chi connectivity index (χ1) is 17.7. The van der Waals surface area contributed by atoms with Crippen molar-refractivity contribution in [2.75, 3.05) is 63.3 Å². The minimum absolute atomic E-state index is 0.0147. The molecule has 8 nitrogen and oxygen atoms in total. The summed E-state index contributed by atoms with van der Waals surface area (Å²) in [7, 11) is 1.63. The molecule has 2 aromatic carbocycles. The Morgan fingerprint density at radius 1 is 1.08 bits per heavy atom. The van der Waals surface area contributed by atoms with Crippen molar-refractivity contribution >= 4 is 28.3 Å². The van der Waals surface area contributed by atoms with E-state index in [0.717, 1.165) is 92.6 Å². The third kappa shape index (κ3) is 6.30. The summed E-state index contributed by atoms with van der Waals surface area (Å²) in [6.45, 7) is 6.00. The first kappa shape index (κ1) is 24.5. The Kier molecular flexibility index (Phi) is 7.93. The van der Waals surface area contributed by atoms with Gasteiger partial charge in [-0.1, -0.05) is 12.1 Å². The molecule has 0 bridgehead atoms. The molecule has 2 aliphatic rings. The van der Waals surface area contributed by atoms with Gasteiger partial charge in [0, 0.05) is 56.1 Å². The molecule has 0 spiro atoms. The Labute approximate surface area is 212 Å². The van der Waals surface area contributed by atoms with Crippen LogP contribution in [0.4, 0.5) is 11.5 Å². The van der Waals surface area contributed by atoms with Crippen LogP contribution in [0.1, 0.15) is 37.4 Å². The number of carbonyl (C=O) groups excluding carboxylic acids is 1. The zero-order valence-electron chi connectivity index (χ0n) is 21.0. The van der Waals surface area contributed by atoms with E-state index in [1.807, 2.05) is 36.4 Å². The summed E-state index contributed by atoms with van der Waals surface area (Å²) in [6.07, 6.45) is 3.68. The van der Waals surface area contributed by atoms with Crippen LogP contribution in [0.15, 0.2) is 48.5 Å². The van der Waals surface area contributed by atoms with Gasteiger partial charge in [0.25, 0.3) is 0 Å². The van der Waals surface area contributed by atoms with Crippen LogP contribution in [-0.2, 0) is 9.53 Å². The summed E-state index contributed by atoms with van der Waals surface area (Å²) in [5, 5.41) is 4.05. The van der Waals surface area contributed by atoms with Crippen LogP contribution in [0.5, 0.6) is 5.75 Å². The van der Waals surface area contributed by atoms with Crippen molar-refractivity contribution in [3.8, 4) is 5.75 Å². The van der Waals surface area contributed by atoms with Gasteiger partial charge in [0.2, 0.25) is 5.91 Å². The fraction of sp³-hybridized carbons (Fsp3) is 0.464. The van der Waals surface area contributed by atoms with Crippen molar-refractivity contribution in [3.05, 3.63) is 54.4 Å². The Morgan fingerprint density at radius 2 is 1.86 bits per heavy atom. The van der Waals surface area contributed by atoms with E-state index in [2.05, 4.69) is 27.2 Å². The lowest BCUT2D eigenvalue weighted by molar-refractivity contribution is -0.116. The van der Waals surface area contributed by atoms with E-state index in [9.17, 15) is 4.79 Å². The van der Waals surface area contributed by atoms with Gasteiger partial charge in [-0.3, -0.25) is 9.69 Å². The standard InChI is InChI=1S/C28H35N5O3/c1-35-23-11-9-22(10-12-23)29-26(34)13-16-33(15-4-14-32-17-19-36-20-18-32)28-24-5-2-3-6-25(24)30-27(31-28)21-7-8-21/h2-3,5-6,9-12,21H,4,7-8,13-20H2,1H3,(H,29,34). The van der Waals surface area contributed by atoms with Crippen LogP contribution in [0, 0.1) is 0 Å². The molecule has 1 amide bonds. The quantitative estimate of drug-likeness (QED) is 0.435. The number of hydrogen-bond acceptors (Lipinski definition) is 7. The Balaban J connectivity index is 1.31. The lowest BCUT2D eigenvalue weighted by atomic mass is 10.2. The van der Waals surface area contributed by atoms with Crippen molar-refractivity contribution in [1.82, 2.24) is 14.9 Å². The number of aromatic nitrogens is 2. The number of carbonyl (C=O) groups is 1. The van der Waals surface area contributed by atoms with Crippen LogP contribution < -0.4 is 15.0 Å². The SMILES string of the molecule is COc1ccc(NC(=O)CCN(CCCN2CCOCC2)c2nc(C3CC3)nc3ccccc23)cc1. The van der Waals surface area contributed by atoms with Gasteiger partial charge in [0.05, 0.1) is 25.8 Å². The monoisotopic (exact) mass is 489 g/mol. The number of ether oxygens (including phenoxy) is 2. The molecular formula is C28H35N5O3.